The Morgan fingerprint density at radius 3 is 2.79 bits per heavy atom. The van der Waals surface area contributed by atoms with Crippen molar-refractivity contribution in [2.45, 2.75) is 25.7 Å². The molecule has 10 heteroatoms. The fourth-order valence-corrected chi connectivity index (χ4v) is 5.74. The summed E-state index contributed by atoms with van der Waals surface area (Å²) in [6.45, 7) is 3.22. The third-order valence-electron chi connectivity index (χ3n) is 6.25. The highest BCUT2D eigenvalue weighted by Crippen LogP contribution is 2.45. The van der Waals surface area contributed by atoms with Crippen molar-refractivity contribution >= 4 is 38.7 Å². The number of benzene rings is 1. The first kappa shape index (κ1) is 21.4. The van der Waals surface area contributed by atoms with Gasteiger partial charge in [-0.25, -0.2) is 13.9 Å². The molecular formula is C23H24FN5O3S. The van der Waals surface area contributed by atoms with Gasteiger partial charge in [-0.2, -0.15) is 5.10 Å². The molecule has 1 amide bonds. The molecule has 0 radical (unpaired) electrons. The second-order valence-electron chi connectivity index (χ2n) is 8.02. The summed E-state index contributed by atoms with van der Waals surface area (Å²) in [7, 11) is 2.98. The number of halogens is 1. The molecule has 0 aliphatic carbocycles. The third kappa shape index (κ3) is 3.36. The fraction of sp³-hybridized carbons (Fsp3) is 0.348. The number of nitrogens with two attached hydrogens (primary N) is 1. The van der Waals surface area contributed by atoms with Gasteiger partial charge in [0.1, 0.15) is 17.6 Å². The Morgan fingerprint density at radius 2 is 2.06 bits per heavy atom. The van der Waals surface area contributed by atoms with Crippen molar-refractivity contribution in [1.29, 1.82) is 0 Å². The van der Waals surface area contributed by atoms with Crippen molar-refractivity contribution in [2.24, 2.45) is 0 Å². The van der Waals surface area contributed by atoms with Crippen LogP contribution in [0.1, 0.15) is 31.4 Å². The highest BCUT2D eigenvalue weighted by molar-refractivity contribution is 7.22. The first-order chi connectivity index (χ1) is 16.0. The molecule has 1 aliphatic heterocycles. The van der Waals surface area contributed by atoms with Crippen LogP contribution in [0.25, 0.3) is 26.0 Å². The molecule has 8 nitrogen and oxygen atoms in total. The van der Waals surface area contributed by atoms with E-state index in [4.69, 9.17) is 15.2 Å². The molecular weight excluding hydrogens is 445 g/mol. The number of rotatable bonds is 5. The zero-order valence-electron chi connectivity index (χ0n) is 18.6. The highest BCUT2D eigenvalue weighted by atomic mass is 32.1. The van der Waals surface area contributed by atoms with E-state index >= 15 is 4.39 Å². The van der Waals surface area contributed by atoms with E-state index in [1.807, 2.05) is 17.9 Å². The van der Waals surface area contributed by atoms with E-state index in [0.29, 0.717) is 46.7 Å². The second kappa shape index (κ2) is 8.18. The molecule has 3 aromatic heterocycles. The van der Waals surface area contributed by atoms with E-state index in [0.717, 1.165) is 22.6 Å². The number of anilines is 1. The Balaban J connectivity index is 1.68. The molecule has 0 saturated carbocycles. The topological polar surface area (TPSA) is 95.0 Å². The van der Waals surface area contributed by atoms with Crippen LogP contribution in [-0.2, 0) is 4.79 Å². The van der Waals surface area contributed by atoms with Crippen molar-refractivity contribution in [2.75, 3.05) is 33.0 Å². The maximum atomic E-state index is 15.0. The normalized spacial score (nSPS) is 16.1. The number of nitrogen functional groups attached to an aromatic ring is 1. The summed E-state index contributed by atoms with van der Waals surface area (Å²) in [6.07, 6.45) is 2.76. The molecule has 172 valence electrons. The van der Waals surface area contributed by atoms with Crippen molar-refractivity contribution in [3.05, 3.63) is 36.0 Å². The van der Waals surface area contributed by atoms with Gasteiger partial charge in [0.15, 0.2) is 17.4 Å². The van der Waals surface area contributed by atoms with Crippen LogP contribution in [0.15, 0.2) is 24.5 Å². The minimum absolute atomic E-state index is 0.122. The summed E-state index contributed by atoms with van der Waals surface area (Å²) < 4.78 is 28.2. The summed E-state index contributed by atoms with van der Waals surface area (Å²) >= 11 is 1.41. The summed E-state index contributed by atoms with van der Waals surface area (Å²) in [5, 5.41) is 4.88. The molecule has 1 fully saturated rings. The molecule has 1 aliphatic rings. The number of ether oxygens (including phenoxy) is 2. The summed E-state index contributed by atoms with van der Waals surface area (Å²) in [5.74, 6) is 0.838. The quantitative estimate of drug-likeness (QED) is 0.473. The lowest BCUT2D eigenvalue weighted by atomic mass is 10.0. The van der Waals surface area contributed by atoms with Gasteiger partial charge in [0, 0.05) is 53.0 Å². The number of carbonyl (C=O) groups excluding carboxylic acids is 1. The molecule has 1 saturated heterocycles. The van der Waals surface area contributed by atoms with Crippen LogP contribution in [-0.4, -0.2) is 52.7 Å². The average molecular weight is 470 g/mol. The van der Waals surface area contributed by atoms with Crippen molar-refractivity contribution in [1.82, 2.24) is 19.5 Å². The van der Waals surface area contributed by atoms with Gasteiger partial charge < -0.3 is 20.1 Å². The van der Waals surface area contributed by atoms with Crippen LogP contribution in [0, 0.1) is 5.82 Å². The smallest absolute Gasteiger partial charge is 0.222 e. The minimum atomic E-state index is -0.437. The molecule has 0 bridgehead atoms. The molecule has 4 heterocycles. The van der Waals surface area contributed by atoms with Gasteiger partial charge in [-0.3, -0.25) is 4.79 Å². The van der Waals surface area contributed by atoms with Gasteiger partial charge in [-0.05, 0) is 18.6 Å². The van der Waals surface area contributed by atoms with Crippen LogP contribution < -0.4 is 15.2 Å². The van der Waals surface area contributed by atoms with E-state index in [-0.39, 0.29) is 17.6 Å². The maximum Gasteiger partial charge on any atom is 0.222 e. The summed E-state index contributed by atoms with van der Waals surface area (Å²) in [4.78, 5) is 19.1. The molecule has 0 spiro atoms. The van der Waals surface area contributed by atoms with Crippen LogP contribution in [0.2, 0.25) is 0 Å². The SMILES string of the molecule is CCC(=O)N1CCC(c2cc(-c3cc4c(F)c(OC)cc(OC)c4s3)c3c(N)ncnn23)C1. The highest BCUT2D eigenvalue weighted by Gasteiger charge is 2.30. The number of carbonyl (C=O) groups is 1. The van der Waals surface area contributed by atoms with E-state index in [1.165, 1.54) is 24.8 Å². The zero-order chi connectivity index (χ0) is 23.3. The number of likely N-dealkylation sites (tertiary alicyclic amines) is 1. The van der Waals surface area contributed by atoms with E-state index < -0.39 is 5.82 Å². The molecule has 4 aromatic rings. The van der Waals surface area contributed by atoms with Gasteiger partial charge in [0.2, 0.25) is 5.91 Å². The van der Waals surface area contributed by atoms with E-state index in [2.05, 4.69) is 10.1 Å². The van der Waals surface area contributed by atoms with E-state index in [9.17, 15) is 4.79 Å². The first-order valence-corrected chi connectivity index (χ1v) is 11.5. The average Bonchev–Trinajstić information content (AvgIpc) is 3.56. The third-order valence-corrected chi connectivity index (χ3v) is 7.43. The lowest BCUT2D eigenvalue weighted by molar-refractivity contribution is -0.129. The Morgan fingerprint density at radius 1 is 1.27 bits per heavy atom. The summed E-state index contributed by atoms with van der Waals surface area (Å²) in [5.41, 5.74) is 8.74. The molecule has 5 rings (SSSR count). The predicted molar refractivity (Wildman–Crippen MR) is 126 cm³/mol. The number of hydrogen-bond acceptors (Lipinski definition) is 7. The molecule has 33 heavy (non-hydrogen) atoms. The van der Waals surface area contributed by atoms with Crippen LogP contribution in [0.3, 0.4) is 0 Å². The van der Waals surface area contributed by atoms with Crippen molar-refractivity contribution in [3.63, 3.8) is 0 Å². The molecule has 1 aromatic carbocycles. The lowest BCUT2D eigenvalue weighted by Crippen LogP contribution is -2.27. The largest absolute Gasteiger partial charge is 0.495 e. The van der Waals surface area contributed by atoms with E-state index in [1.54, 1.807) is 23.8 Å². The molecule has 2 N–H and O–H groups in total. The van der Waals surface area contributed by atoms with Crippen molar-refractivity contribution in [3.8, 4) is 21.9 Å². The van der Waals surface area contributed by atoms with Gasteiger partial charge in [-0.1, -0.05) is 6.92 Å². The zero-order valence-corrected chi connectivity index (χ0v) is 19.4. The number of amides is 1. The van der Waals surface area contributed by atoms with Crippen LogP contribution in [0.5, 0.6) is 11.5 Å². The van der Waals surface area contributed by atoms with Crippen LogP contribution in [0.4, 0.5) is 10.2 Å². The second-order valence-corrected chi connectivity index (χ2v) is 9.07. The number of fused-ring (bicyclic) bond motifs is 2. The Kier molecular flexibility index (Phi) is 5.32. The van der Waals surface area contributed by atoms with Gasteiger partial charge in [0.05, 0.1) is 18.9 Å². The Hall–Kier alpha value is -3.40. The van der Waals surface area contributed by atoms with Gasteiger partial charge in [-0.15, -0.1) is 11.3 Å². The monoisotopic (exact) mass is 469 g/mol. The van der Waals surface area contributed by atoms with Gasteiger partial charge in [0.25, 0.3) is 0 Å². The lowest BCUT2D eigenvalue weighted by Gasteiger charge is -2.15. The first-order valence-electron chi connectivity index (χ1n) is 10.7. The van der Waals surface area contributed by atoms with Crippen molar-refractivity contribution < 1.29 is 18.7 Å². The van der Waals surface area contributed by atoms with Crippen LogP contribution >= 0.6 is 11.3 Å². The summed E-state index contributed by atoms with van der Waals surface area (Å²) in [6, 6.07) is 5.38. The Labute approximate surface area is 193 Å². The molecule has 1 unspecified atom stereocenters. The molecule has 1 atom stereocenters. The standard InChI is InChI=1S/C23H24FN5O3S/c1-4-19(30)28-6-5-12(10-28)15-7-13(21-23(25)26-11-27-29(15)21)18-8-14-20(24)16(31-2)9-17(32-3)22(14)33-18/h7-9,11-12H,4-6,10H2,1-3H3,(H2,25,26,27). The number of thiophene rings is 1. The minimum Gasteiger partial charge on any atom is -0.495 e. The number of nitrogens with zero attached hydrogens (tertiary/aromatic N) is 4. The predicted octanol–water partition coefficient (Wildman–Crippen LogP) is 4.08. The fourth-order valence-electron chi connectivity index (χ4n) is 4.57. The number of aromatic nitrogens is 3. The maximum absolute atomic E-state index is 15.0. The van der Waals surface area contributed by atoms with Gasteiger partial charge >= 0.3 is 0 Å². The Bertz CT molecular complexity index is 1380. The number of methoxy groups -OCH3 is 2. The number of hydrogen-bond donors (Lipinski definition) is 1.